The van der Waals surface area contributed by atoms with Gasteiger partial charge in [0, 0.05) is 11.6 Å². The molecule has 0 bridgehead atoms. The van der Waals surface area contributed by atoms with E-state index in [0.717, 1.165) is 16.9 Å². The van der Waals surface area contributed by atoms with Gasteiger partial charge in [-0.1, -0.05) is 17.3 Å². The molecule has 0 spiro atoms. The number of carbonyl (C=O) groups excluding carboxylic acids is 1. The minimum absolute atomic E-state index is 0.0203. The van der Waals surface area contributed by atoms with E-state index in [1.54, 1.807) is 6.92 Å². The zero-order valence-electron chi connectivity index (χ0n) is 13.7. The van der Waals surface area contributed by atoms with E-state index in [9.17, 15) is 18.0 Å². The van der Waals surface area contributed by atoms with Gasteiger partial charge < -0.3 is 9.84 Å². The molecule has 136 valence electrons. The Labute approximate surface area is 145 Å². The van der Waals surface area contributed by atoms with Crippen molar-refractivity contribution in [2.45, 2.75) is 26.1 Å². The number of hydrogen-bond donors (Lipinski definition) is 1. The Balaban J connectivity index is 1.78. The molecular weight excluding hydrogens is 353 g/mol. The van der Waals surface area contributed by atoms with Gasteiger partial charge in [-0.25, -0.2) is 0 Å². The summed E-state index contributed by atoms with van der Waals surface area (Å²) in [5, 5.41) is 17.6. The van der Waals surface area contributed by atoms with Crippen molar-refractivity contribution in [2.75, 3.05) is 5.32 Å². The predicted octanol–water partition coefficient (Wildman–Crippen LogP) is 2.86. The zero-order chi connectivity index (χ0) is 18.9. The van der Waals surface area contributed by atoms with Gasteiger partial charge in [0.1, 0.15) is 11.8 Å². The maximum atomic E-state index is 12.8. The third kappa shape index (κ3) is 3.71. The molecule has 0 saturated heterocycles. The van der Waals surface area contributed by atoms with Crippen LogP contribution in [0.25, 0.3) is 11.4 Å². The Morgan fingerprint density at radius 1 is 1.31 bits per heavy atom. The topological polar surface area (TPSA) is 98.7 Å². The molecule has 11 heteroatoms. The fourth-order valence-electron chi connectivity index (χ4n) is 2.10. The first-order valence-electron chi connectivity index (χ1n) is 7.45. The molecule has 0 radical (unpaired) electrons. The fourth-order valence-corrected chi connectivity index (χ4v) is 2.10. The van der Waals surface area contributed by atoms with Crippen LogP contribution in [-0.2, 0) is 11.0 Å². The second-order valence-electron chi connectivity index (χ2n) is 5.50. The van der Waals surface area contributed by atoms with E-state index in [2.05, 4.69) is 25.9 Å². The molecule has 0 aliphatic heterocycles. The van der Waals surface area contributed by atoms with E-state index in [1.807, 2.05) is 0 Å². The molecule has 0 saturated carbocycles. The third-order valence-corrected chi connectivity index (χ3v) is 3.48. The van der Waals surface area contributed by atoms with Crippen LogP contribution in [0.3, 0.4) is 0 Å². The maximum absolute atomic E-state index is 12.8. The number of rotatable bonds is 4. The number of nitrogens with one attached hydrogen (secondary N) is 1. The van der Waals surface area contributed by atoms with E-state index < -0.39 is 23.7 Å². The number of hydrogen-bond acceptors (Lipinski definition) is 6. The standard InChI is InChI=1S/C15H13F3N6O2/c1-8-6-12(22-26-8)19-14(25)9(2)24-21-13(20-23-24)10-4-3-5-11(7-10)15(16,17)18/h3-7,9H,1-2H3,(H,19,22,25). The van der Waals surface area contributed by atoms with Crippen molar-refractivity contribution in [2.24, 2.45) is 0 Å². The molecule has 0 aliphatic rings. The van der Waals surface area contributed by atoms with Crippen LogP contribution in [0.15, 0.2) is 34.9 Å². The summed E-state index contributed by atoms with van der Waals surface area (Å²) in [6, 6.07) is 5.22. The molecule has 1 aromatic carbocycles. The second-order valence-corrected chi connectivity index (χ2v) is 5.50. The largest absolute Gasteiger partial charge is 0.416 e. The average Bonchev–Trinajstić information content (AvgIpc) is 3.23. The lowest BCUT2D eigenvalue weighted by atomic mass is 10.1. The van der Waals surface area contributed by atoms with E-state index in [0.29, 0.717) is 5.76 Å². The van der Waals surface area contributed by atoms with Gasteiger partial charge in [-0.2, -0.15) is 18.0 Å². The van der Waals surface area contributed by atoms with Crippen LogP contribution in [0, 0.1) is 6.92 Å². The fraction of sp³-hybridized carbons (Fsp3) is 0.267. The number of benzene rings is 1. The summed E-state index contributed by atoms with van der Waals surface area (Å²) in [5.74, 6) is 0.260. The number of halogens is 3. The summed E-state index contributed by atoms with van der Waals surface area (Å²) >= 11 is 0. The summed E-state index contributed by atoms with van der Waals surface area (Å²) in [6.45, 7) is 3.19. The highest BCUT2D eigenvalue weighted by Crippen LogP contribution is 2.31. The summed E-state index contributed by atoms with van der Waals surface area (Å²) in [5.41, 5.74) is -0.677. The van der Waals surface area contributed by atoms with Crippen LogP contribution in [0.2, 0.25) is 0 Å². The van der Waals surface area contributed by atoms with Crippen molar-refractivity contribution < 1.29 is 22.5 Å². The number of amides is 1. The molecule has 1 amide bonds. The Bertz CT molecular complexity index is 933. The highest BCUT2D eigenvalue weighted by Gasteiger charge is 2.31. The number of tetrazole rings is 1. The van der Waals surface area contributed by atoms with Crippen LogP contribution in [0.1, 0.15) is 24.3 Å². The Morgan fingerprint density at radius 2 is 2.08 bits per heavy atom. The van der Waals surface area contributed by atoms with E-state index >= 15 is 0 Å². The van der Waals surface area contributed by atoms with E-state index in [-0.39, 0.29) is 17.2 Å². The lowest BCUT2D eigenvalue weighted by Gasteiger charge is -2.08. The Kier molecular flexibility index (Phi) is 4.45. The lowest BCUT2D eigenvalue weighted by molar-refractivity contribution is -0.137. The molecule has 2 heterocycles. The monoisotopic (exact) mass is 366 g/mol. The van der Waals surface area contributed by atoms with Gasteiger partial charge >= 0.3 is 6.18 Å². The van der Waals surface area contributed by atoms with Crippen LogP contribution < -0.4 is 5.32 Å². The first-order chi connectivity index (χ1) is 12.2. The first kappa shape index (κ1) is 17.6. The van der Waals surface area contributed by atoms with E-state index in [4.69, 9.17) is 4.52 Å². The quantitative estimate of drug-likeness (QED) is 0.762. The van der Waals surface area contributed by atoms with Gasteiger partial charge in [0.25, 0.3) is 5.91 Å². The summed E-state index contributed by atoms with van der Waals surface area (Å²) in [7, 11) is 0. The zero-order valence-corrected chi connectivity index (χ0v) is 13.7. The normalized spacial score (nSPS) is 12.8. The van der Waals surface area contributed by atoms with Crippen molar-refractivity contribution in [1.82, 2.24) is 25.4 Å². The molecule has 1 unspecified atom stereocenters. The highest BCUT2D eigenvalue weighted by atomic mass is 19.4. The van der Waals surface area contributed by atoms with Crippen molar-refractivity contribution in [1.29, 1.82) is 0 Å². The van der Waals surface area contributed by atoms with Gasteiger partial charge in [-0.15, -0.1) is 10.2 Å². The summed E-state index contributed by atoms with van der Waals surface area (Å²) in [4.78, 5) is 13.2. The highest BCUT2D eigenvalue weighted by molar-refractivity contribution is 5.92. The van der Waals surface area contributed by atoms with Gasteiger partial charge in [-0.05, 0) is 31.2 Å². The first-order valence-corrected chi connectivity index (χ1v) is 7.45. The Morgan fingerprint density at radius 3 is 2.73 bits per heavy atom. The third-order valence-electron chi connectivity index (χ3n) is 3.48. The molecule has 2 aromatic heterocycles. The molecule has 26 heavy (non-hydrogen) atoms. The minimum Gasteiger partial charge on any atom is -0.360 e. The molecular formula is C15H13F3N6O2. The summed E-state index contributed by atoms with van der Waals surface area (Å²) in [6.07, 6.45) is -4.48. The lowest BCUT2D eigenvalue weighted by Crippen LogP contribution is -2.25. The van der Waals surface area contributed by atoms with Crippen molar-refractivity contribution in [3.05, 3.63) is 41.7 Å². The van der Waals surface area contributed by atoms with E-state index in [1.165, 1.54) is 25.1 Å². The molecule has 0 aliphatic carbocycles. The second kappa shape index (κ2) is 6.58. The molecule has 8 nitrogen and oxygen atoms in total. The van der Waals surface area contributed by atoms with Gasteiger partial charge in [0.05, 0.1) is 5.56 Å². The number of aryl methyl sites for hydroxylation is 1. The van der Waals surface area contributed by atoms with Crippen LogP contribution in [0.5, 0.6) is 0 Å². The molecule has 3 rings (SSSR count). The van der Waals surface area contributed by atoms with Gasteiger partial charge in [-0.3, -0.25) is 4.79 Å². The molecule has 1 N–H and O–H groups in total. The number of anilines is 1. The molecule has 0 fully saturated rings. The maximum Gasteiger partial charge on any atom is 0.416 e. The SMILES string of the molecule is Cc1cc(NC(=O)C(C)n2nnc(-c3cccc(C(F)(F)F)c3)n2)no1. The average molecular weight is 366 g/mol. The smallest absolute Gasteiger partial charge is 0.360 e. The number of aromatic nitrogens is 5. The van der Waals surface area contributed by atoms with Crippen LogP contribution in [-0.4, -0.2) is 31.3 Å². The number of alkyl halides is 3. The molecule has 3 aromatic rings. The number of nitrogens with zero attached hydrogens (tertiary/aromatic N) is 5. The van der Waals surface area contributed by atoms with Crippen molar-refractivity contribution in [3.63, 3.8) is 0 Å². The minimum atomic E-state index is -4.48. The van der Waals surface area contributed by atoms with Crippen molar-refractivity contribution in [3.8, 4) is 11.4 Å². The van der Waals surface area contributed by atoms with Crippen LogP contribution in [0.4, 0.5) is 19.0 Å². The molecule has 1 atom stereocenters. The van der Waals surface area contributed by atoms with Gasteiger partial charge in [0.2, 0.25) is 5.82 Å². The number of carbonyl (C=O) groups is 1. The Hall–Kier alpha value is -3.24. The van der Waals surface area contributed by atoms with Crippen LogP contribution >= 0.6 is 0 Å². The van der Waals surface area contributed by atoms with Crippen molar-refractivity contribution >= 4 is 11.7 Å². The van der Waals surface area contributed by atoms with Gasteiger partial charge in [0.15, 0.2) is 5.82 Å². The summed E-state index contributed by atoms with van der Waals surface area (Å²) < 4.78 is 43.3. The predicted molar refractivity (Wildman–Crippen MR) is 82.8 cm³/mol.